The van der Waals surface area contributed by atoms with Gasteiger partial charge in [-0.2, -0.15) is 13.8 Å². The Bertz CT molecular complexity index is 1040. The summed E-state index contributed by atoms with van der Waals surface area (Å²) in [6, 6.07) is 5.73. The highest BCUT2D eigenvalue weighted by Gasteiger charge is 2.34. The molecule has 188 valence electrons. The van der Waals surface area contributed by atoms with Gasteiger partial charge in [0.2, 0.25) is 0 Å². The minimum Gasteiger partial charge on any atom is -0.442 e. The van der Waals surface area contributed by atoms with E-state index in [9.17, 15) is 18.4 Å². The summed E-state index contributed by atoms with van der Waals surface area (Å²) in [7, 11) is 0. The Hall–Kier alpha value is -3.45. The summed E-state index contributed by atoms with van der Waals surface area (Å²) < 4.78 is 59.7. The van der Waals surface area contributed by atoms with E-state index in [0.29, 0.717) is 19.6 Å². The number of nitrogens with one attached hydrogen (secondary N) is 1. The lowest BCUT2D eigenvalue weighted by atomic mass is 10.2. The highest BCUT2D eigenvalue weighted by atomic mass is 19.3. The Morgan fingerprint density at radius 3 is 2.54 bits per heavy atom. The summed E-state index contributed by atoms with van der Waals surface area (Å²) in [6.07, 6.45) is -1.70. The number of carbonyl (C=O) groups is 2. The Labute approximate surface area is 198 Å². The third-order valence-electron chi connectivity index (χ3n) is 5.57. The largest absolute Gasteiger partial charge is 0.442 e. The number of hydroxylamine groups is 2. The monoisotopic (exact) mass is 497 g/mol. The second-order valence-electron chi connectivity index (χ2n) is 7.96. The fourth-order valence-corrected chi connectivity index (χ4v) is 3.87. The number of hydrogen-bond donors (Lipinski definition) is 1. The van der Waals surface area contributed by atoms with Crippen LogP contribution in [-0.4, -0.2) is 73.9 Å². The summed E-state index contributed by atoms with van der Waals surface area (Å²) in [5.74, 6) is -3.24. The number of carbonyl (C=O) groups excluding carboxylic acids is 2. The number of ether oxygens (including phenoxy) is 1. The molecule has 2 saturated heterocycles. The first-order valence-electron chi connectivity index (χ1n) is 10.9. The summed E-state index contributed by atoms with van der Waals surface area (Å²) >= 11 is 0. The molecule has 1 atom stereocenters. The molecule has 13 heteroatoms. The molecule has 3 heterocycles. The molecule has 35 heavy (non-hydrogen) atoms. The average Bonchev–Trinajstić information content (AvgIpc) is 3.05. The molecule has 2 aromatic rings. The van der Waals surface area contributed by atoms with Crippen LogP contribution in [0.2, 0.25) is 0 Å². The minimum absolute atomic E-state index is 0.0816. The quantitative estimate of drug-likeness (QED) is 0.588. The Balaban J connectivity index is 1.40. The first-order valence-corrected chi connectivity index (χ1v) is 10.9. The van der Waals surface area contributed by atoms with Crippen molar-refractivity contribution in [1.82, 2.24) is 15.4 Å². The minimum atomic E-state index is -3.20. The summed E-state index contributed by atoms with van der Waals surface area (Å²) in [5.41, 5.74) is 0.665. The molecule has 0 spiro atoms. The molecule has 2 aliphatic rings. The van der Waals surface area contributed by atoms with Gasteiger partial charge in [0.05, 0.1) is 25.4 Å². The topological polar surface area (TPSA) is 87.2 Å². The van der Waals surface area contributed by atoms with Gasteiger partial charge in [-0.15, -0.1) is 0 Å². The van der Waals surface area contributed by atoms with Gasteiger partial charge in [-0.1, -0.05) is 0 Å². The van der Waals surface area contributed by atoms with Crippen LogP contribution >= 0.6 is 0 Å². The molecule has 2 fully saturated rings. The van der Waals surface area contributed by atoms with Crippen LogP contribution in [0.1, 0.15) is 5.56 Å². The van der Waals surface area contributed by atoms with Gasteiger partial charge < -0.3 is 15.0 Å². The highest BCUT2D eigenvalue weighted by Crippen LogP contribution is 2.31. The van der Waals surface area contributed by atoms with Crippen LogP contribution in [0.15, 0.2) is 36.7 Å². The first-order chi connectivity index (χ1) is 16.8. The van der Waals surface area contributed by atoms with Crippen LogP contribution in [0.25, 0.3) is 0 Å². The molecule has 1 N–H and O–H groups in total. The van der Waals surface area contributed by atoms with Crippen molar-refractivity contribution in [2.75, 3.05) is 49.1 Å². The van der Waals surface area contributed by atoms with E-state index in [4.69, 9.17) is 9.57 Å². The van der Waals surface area contributed by atoms with E-state index in [2.05, 4.69) is 4.98 Å². The second kappa shape index (κ2) is 10.9. The fourth-order valence-electron chi connectivity index (χ4n) is 3.87. The lowest BCUT2D eigenvalue weighted by Gasteiger charge is -2.24. The van der Waals surface area contributed by atoms with Crippen LogP contribution in [-0.2, 0) is 20.9 Å². The fraction of sp³-hybridized carbons (Fsp3) is 0.409. The Kier molecular flexibility index (Phi) is 7.66. The van der Waals surface area contributed by atoms with Crippen LogP contribution in [0.4, 0.5) is 33.7 Å². The number of pyridine rings is 1. The van der Waals surface area contributed by atoms with Crippen molar-refractivity contribution in [3.63, 3.8) is 0 Å². The number of nitrogens with zero attached hydrogens (tertiary/aromatic N) is 4. The van der Waals surface area contributed by atoms with Gasteiger partial charge in [-0.05, 0) is 17.7 Å². The van der Waals surface area contributed by atoms with E-state index >= 15 is 8.78 Å². The molecule has 9 nitrogen and oxygen atoms in total. The molecule has 0 aliphatic carbocycles. The molecule has 1 aromatic carbocycles. The van der Waals surface area contributed by atoms with E-state index in [1.807, 2.05) is 17.4 Å². The zero-order valence-corrected chi connectivity index (χ0v) is 18.5. The van der Waals surface area contributed by atoms with Crippen molar-refractivity contribution in [2.45, 2.75) is 19.1 Å². The number of hydrogen-bond acceptors (Lipinski definition) is 7. The standard InChI is InChI=1S/C22H23F4N5O4/c23-17-9-15(31-13-16(35-22(31)33)11-28-21(32)20(25)26)10-18(24)19(17)29-5-6-30(34-8-7-29)12-14-1-3-27-4-2-14/h1-4,9-10,16,20H,5-8,11-13H2,(H,28,32). The summed E-state index contributed by atoms with van der Waals surface area (Å²) in [5, 5.41) is 3.66. The van der Waals surface area contributed by atoms with Gasteiger partial charge in [0, 0.05) is 50.7 Å². The molecule has 0 saturated carbocycles. The van der Waals surface area contributed by atoms with E-state index < -0.39 is 36.2 Å². The predicted octanol–water partition coefficient (Wildman–Crippen LogP) is 2.32. The number of aromatic nitrogens is 1. The van der Waals surface area contributed by atoms with Crippen LogP contribution in [0.3, 0.4) is 0 Å². The van der Waals surface area contributed by atoms with Gasteiger partial charge >= 0.3 is 12.5 Å². The lowest BCUT2D eigenvalue weighted by Crippen LogP contribution is -2.37. The maximum absolute atomic E-state index is 15.0. The molecule has 0 radical (unpaired) electrons. The molecular weight excluding hydrogens is 474 g/mol. The van der Waals surface area contributed by atoms with Crippen molar-refractivity contribution < 1.29 is 36.7 Å². The van der Waals surface area contributed by atoms with Crippen LogP contribution in [0, 0.1) is 11.6 Å². The summed E-state index contributed by atoms with van der Waals surface area (Å²) in [6.45, 7) is 1.15. The average molecular weight is 497 g/mol. The number of rotatable bonds is 7. The van der Waals surface area contributed by atoms with E-state index in [1.54, 1.807) is 17.5 Å². The second-order valence-corrected chi connectivity index (χ2v) is 7.96. The van der Waals surface area contributed by atoms with Crippen molar-refractivity contribution in [2.24, 2.45) is 0 Å². The van der Waals surface area contributed by atoms with Crippen molar-refractivity contribution in [3.05, 3.63) is 53.9 Å². The van der Waals surface area contributed by atoms with Gasteiger partial charge in [0.15, 0.2) is 11.6 Å². The third-order valence-corrected chi connectivity index (χ3v) is 5.57. The van der Waals surface area contributed by atoms with Gasteiger partial charge in [-0.25, -0.2) is 13.6 Å². The maximum Gasteiger partial charge on any atom is 0.414 e. The van der Waals surface area contributed by atoms with Crippen LogP contribution in [0.5, 0.6) is 0 Å². The van der Waals surface area contributed by atoms with Gasteiger partial charge in [0.1, 0.15) is 11.8 Å². The van der Waals surface area contributed by atoms with Crippen molar-refractivity contribution in [3.8, 4) is 0 Å². The van der Waals surface area contributed by atoms with Gasteiger partial charge in [0.25, 0.3) is 5.91 Å². The zero-order valence-electron chi connectivity index (χ0n) is 18.5. The van der Waals surface area contributed by atoms with Crippen LogP contribution < -0.4 is 15.1 Å². The Morgan fingerprint density at radius 2 is 1.86 bits per heavy atom. The van der Waals surface area contributed by atoms with Gasteiger partial charge in [-0.3, -0.25) is 19.5 Å². The lowest BCUT2D eigenvalue weighted by molar-refractivity contribution is -0.154. The Morgan fingerprint density at radius 1 is 1.14 bits per heavy atom. The van der Waals surface area contributed by atoms with E-state index in [1.165, 1.54) is 4.90 Å². The number of anilines is 2. The number of alkyl halides is 2. The molecule has 0 bridgehead atoms. The van der Waals surface area contributed by atoms with E-state index in [0.717, 1.165) is 22.6 Å². The molecule has 4 rings (SSSR count). The highest BCUT2D eigenvalue weighted by molar-refractivity contribution is 5.90. The molecule has 1 unspecified atom stereocenters. The molecule has 2 aliphatic heterocycles. The van der Waals surface area contributed by atoms with Crippen molar-refractivity contribution in [1.29, 1.82) is 0 Å². The summed E-state index contributed by atoms with van der Waals surface area (Å²) in [4.78, 5) is 35.4. The smallest absolute Gasteiger partial charge is 0.414 e. The predicted molar refractivity (Wildman–Crippen MR) is 116 cm³/mol. The SMILES string of the molecule is O=C(NCC1CN(c2cc(F)c(N3CCON(Cc4ccncc4)CC3)c(F)c2)C(=O)O1)C(F)F. The molecule has 1 aromatic heterocycles. The number of cyclic esters (lactones) is 1. The number of halogens is 4. The number of benzene rings is 1. The first kappa shape index (κ1) is 24.7. The molecule has 2 amide bonds. The van der Waals surface area contributed by atoms with Crippen molar-refractivity contribution >= 4 is 23.4 Å². The maximum atomic E-state index is 15.0. The zero-order chi connectivity index (χ0) is 24.9. The number of amides is 2. The normalized spacial score (nSPS) is 19.1. The van der Waals surface area contributed by atoms with E-state index in [-0.39, 0.29) is 37.6 Å². The third kappa shape index (κ3) is 5.98. The molecular formula is C22H23F4N5O4.